The molecule has 0 aliphatic heterocycles. The summed E-state index contributed by atoms with van der Waals surface area (Å²) in [5.41, 5.74) is 1.41. The lowest BCUT2D eigenvalue weighted by atomic mass is 10.1. The summed E-state index contributed by atoms with van der Waals surface area (Å²) in [6.07, 6.45) is 0.774. The van der Waals surface area contributed by atoms with Crippen molar-refractivity contribution in [1.82, 2.24) is 10.6 Å². The van der Waals surface area contributed by atoms with E-state index in [9.17, 15) is 14.3 Å². The molecule has 0 spiro atoms. The quantitative estimate of drug-likeness (QED) is 0.763. The Morgan fingerprint density at radius 3 is 2.87 bits per heavy atom. The first-order valence-electron chi connectivity index (χ1n) is 7.83. The van der Waals surface area contributed by atoms with Gasteiger partial charge in [-0.2, -0.15) is 0 Å². The van der Waals surface area contributed by atoms with Crippen LogP contribution in [0.25, 0.3) is 11.0 Å². The summed E-state index contributed by atoms with van der Waals surface area (Å²) in [4.78, 5) is 11.9. The molecular formula is C17H23FN2O3. The molecular weight excluding hydrogens is 299 g/mol. The first-order valence-corrected chi connectivity index (χ1v) is 7.83. The Balaban J connectivity index is 1.99. The first-order chi connectivity index (χ1) is 10.9. The average molecular weight is 322 g/mol. The minimum Gasteiger partial charge on any atom is -0.459 e. The van der Waals surface area contributed by atoms with Crippen molar-refractivity contribution in [3.05, 3.63) is 35.3 Å². The van der Waals surface area contributed by atoms with Crippen molar-refractivity contribution in [2.45, 2.75) is 45.8 Å². The van der Waals surface area contributed by atoms with Crippen LogP contribution in [0.1, 0.15) is 44.1 Å². The largest absolute Gasteiger partial charge is 0.459 e. The number of carbonyl (C=O) groups excluding carboxylic acids is 1. The molecule has 5 nitrogen and oxygen atoms in total. The molecule has 2 rings (SSSR count). The van der Waals surface area contributed by atoms with E-state index in [4.69, 9.17) is 4.42 Å². The van der Waals surface area contributed by atoms with Gasteiger partial charge in [0.25, 0.3) is 0 Å². The number of urea groups is 1. The molecule has 1 aromatic heterocycles. The number of benzene rings is 1. The number of carbonyl (C=O) groups is 1. The minimum absolute atomic E-state index is 0.319. The van der Waals surface area contributed by atoms with Crippen LogP contribution in [-0.2, 0) is 0 Å². The summed E-state index contributed by atoms with van der Waals surface area (Å²) in [5.74, 6) is 0.287. The molecule has 126 valence electrons. The number of aliphatic hydroxyl groups is 1. The molecule has 3 N–H and O–H groups in total. The van der Waals surface area contributed by atoms with Crippen LogP contribution >= 0.6 is 0 Å². The van der Waals surface area contributed by atoms with Gasteiger partial charge in [-0.15, -0.1) is 0 Å². The Morgan fingerprint density at radius 2 is 2.17 bits per heavy atom. The molecule has 2 atom stereocenters. The number of nitrogens with one attached hydrogen (secondary N) is 2. The highest BCUT2D eigenvalue weighted by Crippen LogP contribution is 2.29. The Hall–Kier alpha value is -2.08. The molecule has 2 amide bonds. The fraction of sp³-hybridized carbons (Fsp3) is 0.471. The molecule has 1 heterocycles. The summed E-state index contributed by atoms with van der Waals surface area (Å²) >= 11 is 0. The van der Waals surface area contributed by atoms with Gasteiger partial charge in [-0.05, 0) is 44.9 Å². The van der Waals surface area contributed by atoms with Gasteiger partial charge in [0.1, 0.15) is 17.2 Å². The van der Waals surface area contributed by atoms with E-state index in [1.165, 1.54) is 12.1 Å². The summed E-state index contributed by atoms with van der Waals surface area (Å²) in [5, 5.41) is 15.6. The number of furan rings is 1. The van der Waals surface area contributed by atoms with Crippen molar-refractivity contribution in [2.75, 3.05) is 6.54 Å². The third kappa shape index (κ3) is 4.22. The van der Waals surface area contributed by atoms with Crippen molar-refractivity contribution < 1.29 is 18.7 Å². The molecule has 1 aromatic carbocycles. The maximum absolute atomic E-state index is 13.3. The minimum atomic E-state index is -0.403. The number of halogens is 1. The van der Waals surface area contributed by atoms with E-state index in [1.54, 1.807) is 6.07 Å². The van der Waals surface area contributed by atoms with Crippen LogP contribution in [0.15, 0.2) is 22.6 Å². The van der Waals surface area contributed by atoms with E-state index in [1.807, 2.05) is 20.8 Å². The molecule has 2 unspecified atom stereocenters. The smallest absolute Gasteiger partial charge is 0.315 e. The molecule has 0 aliphatic carbocycles. The molecule has 0 saturated carbocycles. The van der Waals surface area contributed by atoms with Gasteiger partial charge in [-0.1, -0.05) is 6.92 Å². The van der Waals surface area contributed by atoms with E-state index in [-0.39, 0.29) is 17.9 Å². The standard InChI is InChI=1S/C17H23FN2O3/c1-4-13(21)7-8-19-17(22)20-11(3)16-10(2)14-9-12(18)5-6-15(14)23-16/h5-6,9,11,13,21H,4,7-8H2,1-3H3,(H2,19,20,22). The molecule has 0 saturated heterocycles. The molecule has 2 aromatic rings. The molecule has 0 aliphatic rings. The van der Waals surface area contributed by atoms with Crippen molar-refractivity contribution >= 4 is 17.0 Å². The van der Waals surface area contributed by atoms with Crippen LogP contribution in [0.3, 0.4) is 0 Å². The van der Waals surface area contributed by atoms with Crippen molar-refractivity contribution in [2.24, 2.45) is 0 Å². The molecule has 0 bridgehead atoms. The van der Waals surface area contributed by atoms with E-state index in [0.717, 1.165) is 5.56 Å². The van der Waals surface area contributed by atoms with Crippen LogP contribution in [0.4, 0.5) is 9.18 Å². The second-order valence-corrected chi connectivity index (χ2v) is 5.70. The third-order valence-corrected chi connectivity index (χ3v) is 3.91. The highest BCUT2D eigenvalue weighted by molar-refractivity contribution is 5.82. The molecule has 0 radical (unpaired) electrons. The number of hydrogen-bond donors (Lipinski definition) is 3. The summed E-state index contributed by atoms with van der Waals surface area (Å²) in [6, 6.07) is 3.68. The lowest BCUT2D eigenvalue weighted by Crippen LogP contribution is -2.38. The van der Waals surface area contributed by atoms with Gasteiger partial charge >= 0.3 is 6.03 Å². The maximum atomic E-state index is 13.3. The maximum Gasteiger partial charge on any atom is 0.315 e. The van der Waals surface area contributed by atoms with Gasteiger partial charge in [0.05, 0.1) is 12.1 Å². The van der Waals surface area contributed by atoms with Crippen molar-refractivity contribution in [3.8, 4) is 0 Å². The second kappa shape index (κ2) is 7.46. The van der Waals surface area contributed by atoms with Crippen LogP contribution in [0.2, 0.25) is 0 Å². The summed E-state index contributed by atoms with van der Waals surface area (Å²) in [6.45, 7) is 5.94. The zero-order valence-corrected chi connectivity index (χ0v) is 13.6. The van der Waals surface area contributed by atoms with Crippen LogP contribution in [0, 0.1) is 12.7 Å². The number of aryl methyl sites for hydroxylation is 1. The third-order valence-electron chi connectivity index (χ3n) is 3.91. The molecule has 6 heteroatoms. The first kappa shape index (κ1) is 17.3. The van der Waals surface area contributed by atoms with Crippen molar-refractivity contribution in [1.29, 1.82) is 0 Å². The zero-order valence-electron chi connectivity index (χ0n) is 13.6. The van der Waals surface area contributed by atoms with E-state index in [2.05, 4.69) is 10.6 Å². The predicted octanol–water partition coefficient (Wildman–Crippen LogP) is 3.40. The van der Waals surface area contributed by atoms with E-state index in [0.29, 0.717) is 36.1 Å². The van der Waals surface area contributed by atoms with E-state index >= 15 is 0 Å². The summed E-state index contributed by atoms with van der Waals surface area (Å²) in [7, 11) is 0. The average Bonchev–Trinajstić information content (AvgIpc) is 2.84. The normalized spacial score (nSPS) is 13.8. The Kier molecular flexibility index (Phi) is 5.60. The second-order valence-electron chi connectivity index (χ2n) is 5.70. The van der Waals surface area contributed by atoms with Gasteiger partial charge < -0.3 is 20.2 Å². The van der Waals surface area contributed by atoms with Crippen molar-refractivity contribution in [3.63, 3.8) is 0 Å². The van der Waals surface area contributed by atoms with Gasteiger partial charge in [0.2, 0.25) is 0 Å². The number of rotatable bonds is 6. The topological polar surface area (TPSA) is 74.5 Å². The number of hydrogen-bond acceptors (Lipinski definition) is 3. The number of aliphatic hydroxyl groups excluding tert-OH is 1. The summed E-state index contributed by atoms with van der Waals surface area (Å²) < 4.78 is 19.1. The van der Waals surface area contributed by atoms with Gasteiger partial charge in [0.15, 0.2) is 0 Å². The number of fused-ring (bicyclic) bond motifs is 1. The SMILES string of the molecule is CCC(O)CCNC(=O)NC(C)c1oc2ccc(F)cc2c1C. The predicted molar refractivity (Wildman–Crippen MR) is 86.8 cm³/mol. The Labute approximate surface area is 134 Å². The lowest BCUT2D eigenvalue weighted by Gasteiger charge is -2.14. The van der Waals surface area contributed by atoms with Gasteiger partial charge in [0, 0.05) is 17.5 Å². The Bertz CT molecular complexity index is 684. The van der Waals surface area contributed by atoms with Gasteiger partial charge in [-0.3, -0.25) is 0 Å². The molecule has 23 heavy (non-hydrogen) atoms. The van der Waals surface area contributed by atoms with Crippen LogP contribution in [0.5, 0.6) is 0 Å². The van der Waals surface area contributed by atoms with Gasteiger partial charge in [-0.25, -0.2) is 9.18 Å². The monoisotopic (exact) mass is 322 g/mol. The fourth-order valence-electron chi connectivity index (χ4n) is 2.49. The number of amides is 2. The highest BCUT2D eigenvalue weighted by atomic mass is 19.1. The fourth-order valence-corrected chi connectivity index (χ4v) is 2.49. The van der Waals surface area contributed by atoms with Crippen LogP contribution < -0.4 is 10.6 Å². The highest BCUT2D eigenvalue weighted by Gasteiger charge is 2.18. The van der Waals surface area contributed by atoms with Crippen LogP contribution in [-0.4, -0.2) is 23.8 Å². The Morgan fingerprint density at radius 1 is 1.43 bits per heavy atom. The lowest BCUT2D eigenvalue weighted by molar-refractivity contribution is 0.160. The van der Waals surface area contributed by atoms with E-state index < -0.39 is 6.10 Å². The zero-order chi connectivity index (χ0) is 17.0. The molecule has 0 fully saturated rings.